The Bertz CT molecular complexity index is 784. The van der Waals surface area contributed by atoms with Crippen molar-refractivity contribution in [1.29, 1.82) is 0 Å². The molecule has 1 aliphatic heterocycles. The van der Waals surface area contributed by atoms with Gasteiger partial charge >= 0.3 is 0 Å². The zero-order valence-corrected chi connectivity index (χ0v) is 16.1. The zero-order valence-electron chi connectivity index (χ0n) is 16.1. The van der Waals surface area contributed by atoms with Crippen LogP contribution in [0.2, 0.25) is 0 Å². The minimum atomic E-state index is 0.312. The molecule has 6 atom stereocenters. The summed E-state index contributed by atoms with van der Waals surface area (Å²) in [6.45, 7) is 7.53. The Labute approximate surface area is 157 Å². The molecule has 1 saturated heterocycles. The summed E-state index contributed by atoms with van der Waals surface area (Å²) in [7, 11) is 0. The van der Waals surface area contributed by atoms with Gasteiger partial charge in [-0.3, -0.25) is 0 Å². The fourth-order valence-electron chi connectivity index (χ4n) is 6.37. The fourth-order valence-corrected chi connectivity index (χ4v) is 6.37. The molecule has 0 aromatic heterocycles. The third-order valence-corrected chi connectivity index (χ3v) is 8.23. The molecular weight excluding hydrogens is 316 g/mol. The lowest BCUT2D eigenvalue weighted by molar-refractivity contribution is 0.0902. The van der Waals surface area contributed by atoms with Crippen molar-refractivity contribution < 1.29 is 0 Å². The first-order valence-corrected chi connectivity index (χ1v) is 10.1. The van der Waals surface area contributed by atoms with Gasteiger partial charge < -0.3 is 10.6 Å². The number of rotatable bonds is 2. The first-order valence-electron chi connectivity index (χ1n) is 10.1. The number of nitrogens with one attached hydrogen (secondary N) is 2. The van der Waals surface area contributed by atoms with Gasteiger partial charge in [0.15, 0.2) is 0 Å². The summed E-state index contributed by atoms with van der Waals surface area (Å²) in [5.74, 6) is 0.757. The van der Waals surface area contributed by atoms with Crippen molar-refractivity contribution >= 4 is 0 Å². The Morgan fingerprint density at radius 3 is 1.88 bits per heavy atom. The molecule has 26 heavy (non-hydrogen) atoms. The Morgan fingerprint density at radius 1 is 0.769 bits per heavy atom. The van der Waals surface area contributed by atoms with Crippen molar-refractivity contribution in [2.45, 2.75) is 57.8 Å². The number of hydrogen-bond acceptors (Lipinski definition) is 2. The SMILES string of the molecule is CC1(C)[C@@H]2CC[C@@]1(C)[C@@H]1N[C@H](c3ccccc3)[C@@H](c3ccccc3)N[C@H]21. The van der Waals surface area contributed by atoms with E-state index in [2.05, 4.69) is 92.1 Å². The van der Waals surface area contributed by atoms with Crippen LogP contribution in [0.25, 0.3) is 0 Å². The summed E-state index contributed by atoms with van der Waals surface area (Å²) in [5.41, 5.74) is 3.52. The van der Waals surface area contributed by atoms with E-state index in [-0.39, 0.29) is 0 Å². The largest absolute Gasteiger partial charge is 0.304 e. The highest BCUT2D eigenvalue weighted by Crippen LogP contribution is 2.66. The Hall–Kier alpha value is -1.64. The van der Waals surface area contributed by atoms with Crippen molar-refractivity contribution in [3.05, 3.63) is 71.8 Å². The lowest BCUT2D eigenvalue weighted by atomic mass is 9.68. The van der Waals surface area contributed by atoms with Crippen LogP contribution >= 0.6 is 0 Å². The minimum absolute atomic E-state index is 0.312. The van der Waals surface area contributed by atoms with Crippen LogP contribution in [-0.4, -0.2) is 12.1 Å². The molecule has 0 unspecified atom stereocenters. The maximum absolute atomic E-state index is 4.15. The lowest BCUT2D eigenvalue weighted by Crippen LogP contribution is -2.62. The third-order valence-electron chi connectivity index (χ3n) is 8.23. The molecule has 2 aliphatic carbocycles. The van der Waals surface area contributed by atoms with E-state index in [0.717, 1.165) is 5.92 Å². The molecule has 5 rings (SSSR count). The zero-order chi connectivity index (χ0) is 17.9. The molecule has 2 nitrogen and oxygen atoms in total. The normalized spacial score (nSPS) is 40.3. The first-order chi connectivity index (χ1) is 12.5. The highest BCUT2D eigenvalue weighted by atomic mass is 15.2. The van der Waals surface area contributed by atoms with Crippen LogP contribution in [-0.2, 0) is 0 Å². The van der Waals surface area contributed by atoms with Gasteiger partial charge in [-0.05, 0) is 40.7 Å². The standard InChI is InChI=1S/C24H30N2/c1-23(2)18-14-15-24(23,3)22-21(18)25-19(16-10-6-4-7-11-16)20(26-22)17-12-8-5-9-13-17/h4-13,18-22,25-26H,14-15H2,1-3H3/t18-,19-,20-,21-,22-,24+/m1/s1. The minimum Gasteiger partial charge on any atom is -0.304 e. The Kier molecular flexibility index (Phi) is 3.61. The molecule has 2 saturated carbocycles. The van der Waals surface area contributed by atoms with E-state index in [1.165, 1.54) is 24.0 Å². The highest BCUT2D eigenvalue weighted by molar-refractivity contribution is 5.32. The molecule has 3 fully saturated rings. The second-order valence-corrected chi connectivity index (χ2v) is 9.40. The van der Waals surface area contributed by atoms with Crippen LogP contribution in [0.5, 0.6) is 0 Å². The van der Waals surface area contributed by atoms with E-state index in [9.17, 15) is 0 Å². The molecule has 2 aromatic rings. The second kappa shape index (κ2) is 5.68. The van der Waals surface area contributed by atoms with E-state index in [1.807, 2.05) is 0 Å². The topological polar surface area (TPSA) is 24.1 Å². The molecule has 2 aromatic carbocycles. The average Bonchev–Trinajstić information content (AvgIpc) is 3.01. The molecule has 2 N–H and O–H groups in total. The van der Waals surface area contributed by atoms with Gasteiger partial charge in [-0.15, -0.1) is 0 Å². The van der Waals surface area contributed by atoms with Gasteiger partial charge in [-0.2, -0.15) is 0 Å². The number of piperazine rings is 1. The average molecular weight is 347 g/mol. The van der Waals surface area contributed by atoms with Crippen LogP contribution in [0, 0.1) is 16.7 Å². The summed E-state index contributed by atoms with van der Waals surface area (Å²) in [6, 6.07) is 23.7. The van der Waals surface area contributed by atoms with E-state index in [1.54, 1.807) is 0 Å². The van der Waals surface area contributed by atoms with Crippen LogP contribution in [0.1, 0.15) is 56.8 Å². The molecule has 0 amide bonds. The van der Waals surface area contributed by atoms with Crippen molar-refractivity contribution in [2.24, 2.45) is 16.7 Å². The van der Waals surface area contributed by atoms with Crippen molar-refractivity contribution in [2.75, 3.05) is 0 Å². The Balaban J connectivity index is 1.58. The molecule has 2 heteroatoms. The molecule has 0 radical (unpaired) electrons. The molecule has 3 aliphatic rings. The maximum Gasteiger partial charge on any atom is 0.0521 e. The van der Waals surface area contributed by atoms with Gasteiger partial charge in [0.2, 0.25) is 0 Å². The number of fused-ring (bicyclic) bond motifs is 5. The van der Waals surface area contributed by atoms with Crippen molar-refractivity contribution in [1.82, 2.24) is 10.6 Å². The lowest BCUT2D eigenvalue weighted by Gasteiger charge is -2.49. The van der Waals surface area contributed by atoms with E-state index >= 15 is 0 Å². The number of hydrogen-bond donors (Lipinski definition) is 2. The van der Waals surface area contributed by atoms with Crippen molar-refractivity contribution in [3.63, 3.8) is 0 Å². The van der Waals surface area contributed by atoms with Gasteiger partial charge in [-0.1, -0.05) is 81.4 Å². The van der Waals surface area contributed by atoms with E-state index < -0.39 is 0 Å². The highest BCUT2D eigenvalue weighted by Gasteiger charge is 2.67. The first kappa shape index (κ1) is 16.5. The monoisotopic (exact) mass is 346 g/mol. The maximum atomic E-state index is 4.15. The molecular formula is C24H30N2. The van der Waals surface area contributed by atoms with Gasteiger partial charge in [0.25, 0.3) is 0 Å². The predicted molar refractivity (Wildman–Crippen MR) is 107 cm³/mol. The molecule has 136 valence electrons. The van der Waals surface area contributed by atoms with Crippen LogP contribution in [0.15, 0.2) is 60.7 Å². The van der Waals surface area contributed by atoms with Crippen LogP contribution in [0.4, 0.5) is 0 Å². The van der Waals surface area contributed by atoms with Crippen molar-refractivity contribution in [3.8, 4) is 0 Å². The van der Waals surface area contributed by atoms with Crippen LogP contribution in [0.3, 0.4) is 0 Å². The van der Waals surface area contributed by atoms with Gasteiger partial charge in [0.05, 0.1) is 12.1 Å². The second-order valence-electron chi connectivity index (χ2n) is 9.40. The van der Waals surface area contributed by atoms with Gasteiger partial charge in [-0.25, -0.2) is 0 Å². The summed E-state index contributed by atoms with van der Waals surface area (Å²) in [6.07, 6.45) is 2.70. The van der Waals surface area contributed by atoms with E-state index in [4.69, 9.17) is 0 Å². The smallest absolute Gasteiger partial charge is 0.0521 e. The predicted octanol–water partition coefficient (Wildman–Crippen LogP) is 4.86. The molecule has 2 bridgehead atoms. The van der Waals surface area contributed by atoms with E-state index in [0.29, 0.717) is 35.0 Å². The molecule has 0 spiro atoms. The summed E-state index contributed by atoms with van der Waals surface area (Å²) < 4.78 is 0. The third kappa shape index (κ3) is 2.12. The summed E-state index contributed by atoms with van der Waals surface area (Å²) in [4.78, 5) is 0. The quantitative estimate of drug-likeness (QED) is 0.812. The number of benzene rings is 2. The summed E-state index contributed by atoms with van der Waals surface area (Å²) >= 11 is 0. The molecule has 1 heterocycles. The fraction of sp³-hybridized carbons (Fsp3) is 0.500. The van der Waals surface area contributed by atoms with Crippen LogP contribution < -0.4 is 10.6 Å². The summed E-state index contributed by atoms with van der Waals surface area (Å²) in [5, 5.41) is 8.28. The van der Waals surface area contributed by atoms with Gasteiger partial charge in [0.1, 0.15) is 0 Å². The van der Waals surface area contributed by atoms with Gasteiger partial charge in [0, 0.05) is 12.1 Å². The Morgan fingerprint density at radius 2 is 1.31 bits per heavy atom.